The zero-order chi connectivity index (χ0) is 17.6. The maximum atomic E-state index is 12.9. The number of aryl methyl sites for hydroxylation is 2. The summed E-state index contributed by atoms with van der Waals surface area (Å²) < 4.78 is 9.59. The minimum atomic E-state index is -0.0813. The van der Waals surface area contributed by atoms with E-state index in [-0.39, 0.29) is 11.9 Å². The van der Waals surface area contributed by atoms with E-state index in [4.69, 9.17) is 4.42 Å². The van der Waals surface area contributed by atoms with E-state index >= 15 is 0 Å². The quantitative estimate of drug-likeness (QED) is 0.735. The number of aromatic nitrogens is 4. The van der Waals surface area contributed by atoms with Crippen LogP contribution in [0.1, 0.15) is 46.4 Å². The molecule has 0 bridgehead atoms. The normalized spacial score (nSPS) is 16.9. The number of nitrogens with zero attached hydrogens (tertiary/aromatic N) is 5. The van der Waals surface area contributed by atoms with Crippen LogP contribution in [0.3, 0.4) is 0 Å². The fraction of sp³-hybridized carbons (Fsp3) is 0.389. The molecule has 1 amide bonds. The summed E-state index contributed by atoms with van der Waals surface area (Å²) in [5.41, 5.74) is 1.74. The largest absolute Gasteiger partial charge is 0.466 e. The lowest BCUT2D eigenvalue weighted by Crippen LogP contribution is -2.41. The SMILES string of the molecule is Cc1cc(C(=O)N2CCn3c(Cn4cccn4)cnc3C2C)c(C)o1. The van der Waals surface area contributed by atoms with Gasteiger partial charge in [0.2, 0.25) is 0 Å². The second kappa shape index (κ2) is 5.91. The summed E-state index contributed by atoms with van der Waals surface area (Å²) in [5, 5.41) is 4.25. The predicted molar refractivity (Wildman–Crippen MR) is 91.2 cm³/mol. The van der Waals surface area contributed by atoms with Crippen LogP contribution in [-0.2, 0) is 13.1 Å². The van der Waals surface area contributed by atoms with Gasteiger partial charge in [0.05, 0.1) is 30.0 Å². The molecular formula is C18H21N5O2. The van der Waals surface area contributed by atoms with Crippen LogP contribution in [0.4, 0.5) is 0 Å². The molecule has 1 aliphatic heterocycles. The van der Waals surface area contributed by atoms with Gasteiger partial charge in [-0.05, 0) is 32.9 Å². The molecule has 0 aromatic carbocycles. The Morgan fingerprint density at radius 2 is 2.20 bits per heavy atom. The first-order chi connectivity index (χ1) is 12.0. The topological polar surface area (TPSA) is 69.1 Å². The van der Waals surface area contributed by atoms with Crippen molar-refractivity contribution < 1.29 is 9.21 Å². The van der Waals surface area contributed by atoms with Gasteiger partial charge in [0.25, 0.3) is 5.91 Å². The zero-order valence-electron chi connectivity index (χ0n) is 14.6. The van der Waals surface area contributed by atoms with E-state index in [9.17, 15) is 4.79 Å². The van der Waals surface area contributed by atoms with Gasteiger partial charge in [-0.2, -0.15) is 5.10 Å². The van der Waals surface area contributed by atoms with Crippen LogP contribution in [0.2, 0.25) is 0 Å². The number of furan rings is 1. The van der Waals surface area contributed by atoms with Crippen molar-refractivity contribution in [1.82, 2.24) is 24.2 Å². The molecule has 7 heteroatoms. The molecule has 3 aromatic rings. The third-order valence-corrected chi connectivity index (χ3v) is 4.79. The molecule has 0 saturated carbocycles. The Hall–Kier alpha value is -2.83. The molecule has 1 atom stereocenters. The molecule has 25 heavy (non-hydrogen) atoms. The summed E-state index contributed by atoms with van der Waals surface area (Å²) in [5.74, 6) is 2.35. The van der Waals surface area contributed by atoms with E-state index in [1.807, 2.05) is 54.9 Å². The summed E-state index contributed by atoms with van der Waals surface area (Å²) in [7, 11) is 0. The van der Waals surface area contributed by atoms with E-state index in [1.165, 1.54) is 0 Å². The minimum absolute atomic E-state index is 0.00438. The Balaban J connectivity index is 1.59. The van der Waals surface area contributed by atoms with Gasteiger partial charge in [0, 0.05) is 25.5 Å². The van der Waals surface area contributed by atoms with Crippen LogP contribution < -0.4 is 0 Å². The number of hydrogen-bond donors (Lipinski definition) is 0. The molecule has 1 unspecified atom stereocenters. The molecule has 0 saturated heterocycles. The van der Waals surface area contributed by atoms with Gasteiger partial charge >= 0.3 is 0 Å². The first kappa shape index (κ1) is 15.7. The predicted octanol–water partition coefficient (Wildman–Crippen LogP) is 2.55. The Morgan fingerprint density at radius 3 is 2.88 bits per heavy atom. The summed E-state index contributed by atoms with van der Waals surface area (Å²) >= 11 is 0. The molecule has 1 aliphatic rings. The highest BCUT2D eigenvalue weighted by molar-refractivity contribution is 5.95. The van der Waals surface area contributed by atoms with Crippen LogP contribution >= 0.6 is 0 Å². The monoisotopic (exact) mass is 339 g/mol. The molecule has 0 radical (unpaired) electrons. The number of carbonyl (C=O) groups is 1. The first-order valence-corrected chi connectivity index (χ1v) is 8.44. The summed E-state index contributed by atoms with van der Waals surface area (Å²) in [6.45, 7) is 7.78. The lowest BCUT2D eigenvalue weighted by Gasteiger charge is -2.34. The van der Waals surface area contributed by atoms with E-state index in [0.717, 1.165) is 23.8 Å². The fourth-order valence-electron chi connectivity index (χ4n) is 3.52. The first-order valence-electron chi connectivity index (χ1n) is 8.44. The standard InChI is InChI=1S/C18H21N5O2/c1-12-9-16(14(3)25-12)18(24)22-7-8-23-15(10-19-17(23)13(22)2)11-21-6-4-5-20-21/h4-6,9-10,13H,7-8,11H2,1-3H3. The molecule has 4 heterocycles. The van der Waals surface area contributed by atoms with Crippen molar-refractivity contribution in [3.63, 3.8) is 0 Å². The maximum Gasteiger partial charge on any atom is 0.258 e. The van der Waals surface area contributed by atoms with Crippen molar-refractivity contribution in [2.75, 3.05) is 6.54 Å². The molecular weight excluding hydrogens is 318 g/mol. The number of fused-ring (bicyclic) bond motifs is 1. The molecule has 3 aromatic heterocycles. The fourth-order valence-corrected chi connectivity index (χ4v) is 3.52. The van der Waals surface area contributed by atoms with Crippen molar-refractivity contribution >= 4 is 5.91 Å². The number of imidazole rings is 1. The van der Waals surface area contributed by atoms with E-state index in [2.05, 4.69) is 14.6 Å². The Bertz CT molecular complexity index is 906. The average molecular weight is 339 g/mol. The van der Waals surface area contributed by atoms with Crippen molar-refractivity contribution in [1.29, 1.82) is 0 Å². The van der Waals surface area contributed by atoms with Crippen molar-refractivity contribution in [2.24, 2.45) is 0 Å². The highest BCUT2D eigenvalue weighted by Gasteiger charge is 2.32. The van der Waals surface area contributed by atoms with Gasteiger partial charge in [-0.1, -0.05) is 0 Å². The van der Waals surface area contributed by atoms with E-state index in [1.54, 1.807) is 6.20 Å². The Morgan fingerprint density at radius 1 is 1.36 bits per heavy atom. The number of carbonyl (C=O) groups excluding carboxylic acids is 1. The molecule has 0 fully saturated rings. The van der Waals surface area contributed by atoms with Gasteiger partial charge in [-0.15, -0.1) is 0 Å². The van der Waals surface area contributed by atoms with Crippen molar-refractivity contribution in [3.8, 4) is 0 Å². The van der Waals surface area contributed by atoms with Crippen LogP contribution in [0.25, 0.3) is 0 Å². The van der Waals surface area contributed by atoms with Crippen molar-refractivity contribution in [2.45, 2.75) is 39.9 Å². The molecule has 0 aliphatic carbocycles. The number of hydrogen-bond acceptors (Lipinski definition) is 4. The molecule has 130 valence electrons. The third kappa shape index (κ3) is 2.65. The minimum Gasteiger partial charge on any atom is -0.466 e. The number of amides is 1. The Kier molecular flexibility index (Phi) is 3.71. The lowest BCUT2D eigenvalue weighted by molar-refractivity contribution is 0.0634. The van der Waals surface area contributed by atoms with Crippen LogP contribution in [0.15, 0.2) is 35.1 Å². The van der Waals surface area contributed by atoms with Gasteiger partial charge < -0.3 is 13.9 Å². The summed E-state index contributed by atoms with van der Waals surface area (Å²) in [6.07, 6.45) is 5.59. The molecule has 0 spiro atoms. The van der Waals surface area contributed by atoms with E-state index < -0.39 is 0 Å². The summed E-state index contributed by atoms with van der Waals surface area (Å²) in [6, 6.07) is 3.64. The second-order valence-corrected chi connectivity index (χ2v) is 6.46. The molecule has 4 rings (SSSR count). The average Bonchev–Trinajstić information content (AvgIpc) is 3.29. The summed E-state index contributed by atoms with van der Waals surface area (Å²) in [4.78, 5) is 19.4. The van der Waals surface area contributed by atoms with Gasteiger partial charge in [-0.3, -0.25) is 9.48 Å². The number of rotatable bonds is 3. The van der Waals surface area contributed by atoms with Crippen LogP contribution in [0.5, 0.6) is 0 Å². The van der Waals surface area contributed by atoms with Gasteiger partial charge in [0.15, 0.2) is 0 Å². The third-order valence-electron chi connectivity index (χ3n) is 4.79. The van der Waals surface area contributed by atoms with Gasteiger partial charge in [0.1, 0.15) is 17.3 Å². The highest BCUT2D eigenvalue weighted by atomic mass is 16.3. The van der Waals surface area contributed by atoms with Crippen LogP contribution in [0, 0.1) is 13.8 Å². The Labute approximate surface area is 145 Å². The van der Waals surface area contributed by atoms with E-state index in [0.29, 0.717) is 24.4 Å². The van der Waals surface area contributed by atoms with Crippen molar-refractivity contribution in [3.05, 3.63) is 59.3 Å². The zero-order valence-corrected chi connectivity index (χ0v) is 14.6. The van der Waals surface area contributed by atoms with Gasteiger partial charge in [-0.25, -0.2) is 4.98 Å². The highest BCUT2D eigenvalue weighted by Crippen LogP contribution is 2.28. The smallest absolute Gasteiger partial charge is 0.258 e. The van der Waals surface area contributed by atoms with Crippen LogP contribution in [-0.4, -0.2) is 36.7 Å². The molecule has 7 nitrogen and oxygen atoms in total. The second-order valence-electron chi connectivity index (χ2n) is 6.46. The molecule has 0 N–H and O–H groups in total. The lowest BCUT2D eigenvalue weighted by atomic mass is 10.1. The maximum absolute atomic E-state index is 12.9.